The zero-order chi connectivity index (χ0) is 15.5. The molecule has 112 valence electrons. The summed E-state index contributed by atoms with van der Waals surface area (Å²) in [6.07, 6.45) is 0. The number of aromatic nitrogens is 2. The predicted molar refractivity (Wildman–Crippen MR) is 92.2 cm³/mol. The Morgan fingerprint density at radius 1 is 1.27 bits per heavy atom. The molecule has 0 aliphatic rings. The largest absolute Gasteiger partial charge is 0.383 e. The number of hydrogen-bond donors (Lipinski definition) is 2. The highest BCUT2D eigenvalue weighted by molar-refractivity contribution is 8.00. The summed E-state index contributed by atoms with van der Waals surface area (Å²) in [6, 6.07) is 11.3. The van der Waals surface area contributed by atoms with Gasteiger partial charge in [0.1, 0.15) is 10.6 Å². The van der Waals surface area contributed by atoms with Crippen molar-refractivity contribution in [1.82, 2.24) is 9.97 Å². The Hall–Kier alpha value is -2.12. The van der Waals surface area contributed by atoms with E-state index in [0.29, 0.717) is 11.0 Å². The number of hydrogen-bond acceptors (Lipinski definition) is 6. The summed E-state index contributed by atoms with van der Waals surface area (Å²) in [4.78, 5) is 21.7. The molecule has 0 bridgehead atoms. The number of nitrogen functional groups attached to an aromatic ring is 1. The second-order valence-electron chi connectivity index (χ2n) is 4.65. The van der Waals surface area contributed by atoms with E-state index in [1.54, 1.807) is 0 Å². The maximum absolute atomic E-state index is 12.2. The molecule has 1 amide bonds. The van der Waals surface area contributed by atoms with Crippen LogP contribution in [0.15, 0.2) is 46.9 Å². The van der Waals surface area contributed by atoms with Crippen molar-refractivity contribution in [2.75, 3.05) is 11.1 Å². The van der Waals surface area contributed by atoms with E-state index < -0.39 is 0 Å². The summed E-state index contributed by atoms with van der Waals surface area (Å²) in [5.74, 6) is 0.356. The van der Waals surface area contributed by atoms with Crippen LogP contribution in [0.5, 0.6) is 0 Å². The van der Waals surface area contributed by atoms with Crippen molar-refractivity contribution < 1.29 is 4.79 Å². The molecule has 0 radical (unpaired) electrons. The SMILES string of the molecule is CC(Sc1nc(N)c2ccsc2n1)C(=O)Nc1ccccc1. The summed E-state index contributed by atoms with van der Waals surface area (Å²) in [7, 11) is 0. The predicted octanol–water partition coefficient (Wildman–Crippen LogP) is 3.39. The van der Waals surface area contributed by atoms with Gasteiger partial charge in [-0.05, 0) is 30.5 Å². The molecule has 0 spiro atoms. The summed E-state index contributed by atoms with van der Waals surface area (Å²) in [5.41, 5.74) is 6.69. The molecule has 0 saturated heterocycles. The molecule has 2 heterocycles. The number of anilines is 2. The van der Waals surface area contributed by atoms with E-state index in [9.17, 15) is 4.79 Å². The fourth-order valence-corrected chi connectivity index (χ4v) is 3.49. The van der Waals surface area contributed by atoms with Crippen molar-refractivity contribution >= 4 is 50.7 Å². The van der Waals surface area contributed by atoms with Gasteiger partial charge >= 0.3 is 0 Å². The molecule has 1 unspecified atom stereocenters. The van der Waals surface area contributed by atoms with Crippen LogP contribution >= 0.6 is 23.1 Å². The molecular formula is C15H14N4OS2. The molecule has 1 atom stereocenters. The first-order valence-electron chi connectivity index (χ1n) is 6.67. The van der Waals surface area contributed by atoms with Gasteiger partial charge in [0.2, 0.25) is 5.91 Å². The van der Waals surface area contributed by atoms with Crippen LogP contribution in [0.4, 0.5) is 11.5 Å². The Kier molecular flexibility index (Phi) is 4.26. The van der Waals surface area contributed by atoms with Crippen molar-refractivity contribution in [3.05, 3.63) is 41.8 Å². The second-order valence-corrected chi connectivity index (χ2v) is 6.85. The van der Waals surface area contributed by atoms with Crippen LogP contribution in [0.3, 0.4) is 0 Å². The van der Waals surface area contributed by atoms with Gasteiger partial charge in [-0.2, -0.15) is 0 Å². The standard InChI is InChI=1S/C15H14N4OS2/c1-9(13(20)17-10-5-3-2-4-6-10)22-15-18-12(16)11-7-8-21-14(11)19-15/h2-9H,1H3,(H,17,20)(H2,16,18,19). The number of carbonyl (C=O) groups is 1. The number of carbonyl (C=O) groups excluding carboxylic acids is 1. The molecule has 0 aliphatic heterocycles. The Morgan fingerprint density at radius 3 is 2.82 bits per heavy atom. The molecule has 0 fully saturated rings. The number of amides is 1. The van der Waals surface area contributed by atoms with Gasteiger partial charge < -0.3 is 11.1 Å². The van der Waals surface area contributed by atoms with E-state index >= 15 is 0 Å². The summed E-state index contributed by atoms with van der Waals surface area (Å²) in [6.45, 7) is 1.82. The summed E-state index contributed by atoms with van der Waals surface area (Å²) >= 11 is 2.80. The normalized spacial score (nSPS) is 12.2. The van der Waals surface area contributed by atoms with Crippen LogP contribution < -0.4 is 11.1 Å². The molecule has 22 heavy (non-hydrogen) atoms. The Bertz CT molecular complexity index is 804. The first kappa shape index (κ1) is 14.8. The molecule has 7 heteroatoms. The van der Waals surface area contributed by atoms with Crippen LogP contribution in [0.25, 0.3) is 10.2 Å². The average molecular weight is 330 g/mol. The van der Waals surface area contributed by atoms with Gasteiger partial charge in [-0.3, -0.25) is 4.79 Å². The smallest absolute Gasteiger partial charge is 0.237 e. The minimum atomic E-state index is -0.322. The highest BCUT2D eigenvalue weighted by atomic mass is 32.2. The van der Waals surface area contributed by atoms with Crippen LogP contribution in [0.2, 0.25) is 0 Å². The molecular weight excluding hydrogens is 316 g/mol. The minimum absolute atomic E-state index is 0.0929. The number of fused-ring (bicyclic) bond motifs is 1. The first-order chi connectivity index (χ1) is 10.6. The number of rotatable bonds is 4. The third-order valence-corrected chi connectivity index (χ3v) is 4.79. The highest BCUT2D eigenvalue weighted by Gasteiger charge is 2.17. The van der Waals surface area contributed by atoms with Crippen molar-refractivity contribution in [2.45, 2.75) is 17.3 Å². The van der Waals surface area contributed by atoms with E-state index in [1.165, 1.54) is 23.1 Å². The van der Waals surface area contributed by atoms with Gasteiger partial charge in [0.25, 0.3) is 0 Å². The van der Waals surface area contributed by atoms with E-state index in [4.69, 9.17) is 5.73 Å². The Balaban J connectivity index is 1.72. The lowest BCUT2D eigenvalue weighted by Gasteiger charge is -2.11. The molecule has 0 aliphatic carbocycles. The summed E-state index contributed by atoms with van der Waals surface area (Å²) < 4.78 is 0. The monoisotopic (exact) mass is 330 g/mol. The molecule has 3 rings (SSSR count). The van der Waals surface area contributed by atoms with Gasteiger partial charge in [0, 0.05) is 5.69 Å². The van der Waals surface area contributed by atoms with Crippen molar-refractivity contribution in [2.24, 2.45) is 0 Å². The minimum Gasteiger partial charge on any atom is -0.383 e. The van der Waals surface area contributed by atoms with Gasteiger partial charge in [-0.25, -0.2) is 9.97 Å². The molecule has 2 aromatic heterocycles. The number of nitrogens with zero attached hydrogens (tertiary/aromatic N) is 2. The zero-order valence-corrected chi connectivity index (χ0v) is 13.4. The average Bonchev–Trinajstić information content (AvgIpc) is 2.97. The number of para-hydroxylation sites is 1. The topological polar surface area (TPSA) is 80.9 Å². The number of benzene rings is 1. The fourth-order valence-electron chi connectivity index (χ4n) is 1.89. The molecule has 0 saturated carbocycles. The van der Waals surface area contributed by atoms with Crippen molar-refractivity contribution in [1.29, 1.82) is 0 Å². The van der Waals surface area contributed by atoms with Crippen LogP contribution in [0.1, 0.15) is 6.92 Å². The van der Waals surface area contributed by atoms with Gasteiger partial charge in [0.05, 0.1) is 10.6 Å². The lowest BCUT2D eigenvalue weighted by molar-refractivity contribution is -0.115. The molecule has 3 N–H and O–H groups in total. The quantitative estimate of drug-likeness (QED) is 0.566. The van der Waals surface area contributed by atoms with E-state index in [-0.39, 0.29) is 11.2 Å². The molecule has 1 aromatic carbocycles. The number of thiophene rings is 1. The highest BCUT2D eigenvalue weighted by Crippen LogP contribution is 2.28. The first-order valence-corrected chi connectivity index (χ1v) is 8.42. The third-order valence-electron chi connectivity index (χ3n) is 3.03. The Labute approximate surface area is 136 Å². The van der Waals surface area contributed by atoms with Crippen LogP contribution in [-0.2, 0) is 4.79 Å². The lowest BCUT2D eigenvalue weighted by atomic mass is 10.3. The van der Waals surface area contributed by atoms with Gasteiger partial charge in [0.15, 0.2) is 5.16 Å². The zero-order valence-electron chi connectivity index (χ0n) is 11.8. The third kappa shape index (κ3) is 3.20. The van der Waals surface area contributed by atoms with E-state index in [2.05, 4.69) is 15.3 Å². The molecule has 3 aromatic rings. The summed E-state index contributed by atoms with van der Waals surface area (Å²) in [5, 5.41) is 5.84. The maximum Gasteiger partial charge on any atom is 0.237 e. The van der Waals surface area contributed by atoms with Crippen LogP contribution in [0, 0.1) is 0 Å². The maximum atomic E-state index is 12.2. The van der Waals surface area contributed by atoms with Crippen molar-refractivity contribution in [3.8, 4) is 0 Å². The van der Waals surface area contributed by atoms with Crippen molar-refractivity contribution in [3.63, 3.8) is 0 Å². The van der Waals surface area contributed by atoms with E-state index in [1.807, 2.05) is 48.7 Å². The van der Waals surface area contributed by atoms with Gasteiger partial charge in [-0.1, -0.05) is 30.0 Å². The number of thioether (sulfide) groups is 1. The molecule has 5 nitrogen and oxygen atoms in total. The number of nitrogens with one attached hydrogen (secondary N) is 1. The number of nitrogens with two attached hydrogens (primary N) is 1. The Morgan fingerprint density at radius 2 is 2.05 bits per heavy atom. The van der Waals surface area contributed by atoms with E-state index in [0.717, 1.165) is 15.9 Å². The fraction of sp³-hybridized carbons (Fsp3) is 0.133. The van der Waals surface area contributed by atoms with Gasteiger partial charge in [-0.15, -0.1) is 11.3 Å². The van der Waals surface area contributed by atoms with Crippen LogP contribution in [-0.4, -0.2) is 21.1 Å². The lowest BCUT2D eigenvalue weighted by Crippen LogP contribution is -2.22. The second kappa shape index (κ2) is 6.33.